The van der Waals surface area contributed by atoms with Crippen LogP contribution in [-0.4, -0.2) is 33.4 Å². The number of nitrogens with zero attached hydrogens (tertiary/aromatic N) is 2. The van der Waals surface area contributed by atoms with Crippen LogP contribution in [0.5, 0.6) is 0 Å². The first-order valence-electron chi connectivity index (χ1n) is 8.18. The first-order chi connectivity index (χ1) is 11.6. The number of benzene rings is 1. The predicted molar refractivity (Wildman–Crippen MR) is 91.9 cm³/mol. The van der Waals surface area contributed by atoms with Gasteiger partial charge in [-0.2, -0.15) is 5.10 Å². The van der Waals surface area contributed by atoms with Gasteiger partial charge in [0.05, 0.1) is 6.10 Å². The second-order valence-corrected chi connectivity index (χ2v) is 5.69. The normalized spacial score (nSPS) is 11.9. The standard InChI is InChI=1S/C18H23N3O3/c1-2-3-11-21-17(23)10-9-16(20-21)18(24)19-13-15(22)12-14-7-5-4-6-8-14/h4-10,15,22H,2-3,11-13H2,1H3,(H,19,24). The van der Waals surface area contributed by atoms with E-state index >= 15 is 0 Å². The lowest BCUT2D eigenvalue weighted by Gasteiger charge is -2.12. The van der Waals surface area contributed by atoms with Crippen molar-refractivity contribution < 1.29 is 9.90 Å². The molecule has 0 aliphatic heterocycles. The van der Waals surface area contributed by atoms with E-state index < -0.39 is 12.0 Å². The van der Waals surface area contributed by atoms with Crippen molar-refractivity contribution in [3.63, 3.8) is 0 Å². The molecule has 0 saturated carbocycles. The lowest BCUT2D eigenvalue weighted by Crippen LogP contribution is -2.35. The molecule has 2 aromatic rings. The molecule has 0 spiro atoms. The van der Waals surface area contributed by atoms with Gasteiger partial charge in [0.25, 0.3) is 11.5 Å². The van der Waals surface area contributed by atoms with Crippen molar-refractivity contribution in [2.75, 3.05) is 6.54 Å². The summed E-state index contributed by atoms with van der Waals surface area (Å²) in [5, 5.41) is 16.8. The molecule has 24 heavy (non-hydrogen) atoms. The Morgan fingerprint density at radius 2 is 2.00 bits per heavy atom. The fraction of sp³-hybridized carbons (Fsp3) is 0.389. The van der Waals surface area contributed by atoms with Crippen molar-refractivity contribution >= 4 is 5.91 Å². The van der Waals surface area contributed by atoms with Crippen LogP contribution in [0.15, 0.2) is 47.3 Å². The summed E-state index contributed by atoms with van der Waals surface area (Å²) in [6.07, 6.45) is 1.55. The van der Waals surface area contributed by atoms with Crippen molar-refractivity contribution in [2.24, 2.45) is 0 Å². The molecule has 2 N–H and O–H groups in total. The van der Waals surface area contributed by atoms with Gasteiger partial charge in [-0.1, -0.05) is 43.7 Å². The third kappa shape index (κ3) is 5.31. The van der Waals surface area contributed by atoms with E-state index in [1.165, 1.54) is 16.8 Å². The Morgan fingerprint density at radius 1 is 1.25 bits per heavy atom. The number of aryl methyl sites for hydroxylation is 1. The Morgan fingerprint density at radius 3 is 2.71 bits per heavy atom. The number of carbonyl (C=O) groups excluding carboxylic acids is 1. The highest BCUT2D eigenvalue weighted by Crippen LogP contribution is 2.02. The highest BCUT2D eigenvalue weighted by Gasteiger charge is 2.12. The maximum atomic E-state index is 12.1. The van der Waals surface area contributed by atoms with E-state index in [-0.39, 0.29) is 17.8 Å². The number of hydrogen-bond acceptors (Lipinski definition) is 4. The summed E-state index contributed by atoms with van der Waals surface area (Å²) < 4.78 is 1.30. The van der Waals surface area contributed by atoms with Crippen molar-refractivity contribution in [2.45, 2.75) is 38.8 Å². The average Bonchev–Trinajstić information content (AvgIpc) is 2.60. The molecule has 1 aromatic carbocycles. The molecule has 0 aliphatic carbocycles. The maximum absolute atomic E-state index is 12.1. The van der Waals surface area contributed by atoms with Crippen LogP contribution < -0.4 is 10.9 Å². The molecule has 0 saturated heterocycles. The van der Waals surface area contributed by atoms with Gasteiger partial charge < -0.3 is 10.4 Å². The van der Waals surface area contributed by atoms with Gasteiger partial charge in [-0.15, -0.1) is 0 Å². The zero-order chi connectivity index (χ0) is 17.4. The molecule has 1 aromatic heterocycles. The number of nitrogens with one attached hydrogen (secondary N) is 1. The lowest BCUT2D eigenvalue weighted by atomic mass is 10.1. The topological polar surface area (TPSA) is 84.2 Å². The van der Waals surface area contributed by atoms with Crippen LogP contribution >= 0.6 is 0 Å². The Balaban J connectivity index is 1.91. The van der Waals surface area contributed by atoms with Gasteiger partial charge >= 0.3 is 0 Å². The molecular formula is C18H23N3O3. The summed E-state index contributed by atoms with van der Waals surface area (Å²) in [5.41, 5.74) is 0.965. The summed E-state index contributed by atoms with van der Waals surface area (Å²) in [6.45, 7) is 2.65. The van der Waals surface area contributed by atoms with Gasteiger partial charge in [0.1, 0.15) is 5.69 Å². The highest BCUT2D eigenvalue weighted by atomic mass is 16.3. The Kier molecular flexibility index (Phi) is 6.69. The summed E-state index contributed by atoms with van der Waals surface area (Å²) in [5.74, 6) is -0.396. The molecule has 6 heteroatoms. The lowest BCUT2D eigenvalue weighted by molar-refractivity contribution is 0.0908. The second-order valence-electron chi connectivity index (χ2n) is 5.69. The minimum absolute atomic E-state index is 0.128. The van der Waals surface area contributed by atoms with Crippen molar-refractivity contribution in [3.8, 4) is 0 Å². The average molecular weight is 329 g/mol. The molecule has 0 fully saturated rings. The summed E-state index contributed by atoms with van der Waals surface area (Å²) in [4.78, 5) is 23.8. The zero-order valence-corrected chi connectivity index (χ0v) is 13.8. The number of aliphatic hydroxyl groups excluding tert-OH is 1. The van der Waals surface area contributed by atoms with Crippen LogP contribution in [0.1, 0.15) is 35.8 Å². The molecule has 128 valence electrons. The van der Waals surface area contributed by atoms with Crippen LogP contribution in [-0.2, 0) is 13.0 Å². The van der Waals surface area contributed by atoms with Gasteiger partial charge in [-0.05, 0) is 18.1 Å². The third-order valence-electron chi connectivity index (χ3n) is 3.64. The van der Waals surface area contributed by atoms with E-state index in [2.05, 4.69) is 10.4 Å². The summed E-state index contributed by atoms with van der Waals surface area (Å²) in [6, 6.07) is 12.3. The minimum atomic E-state index is -0.678. The maximum Gasteiger partial charge on any atom is 0.271 e. The molecule has 6 nitrogen and oxygen atoms in total. The number of rotatable bonds is 8. The molecule has 0 aliphatic rings. The van der Waals surface area contributed by atoms with E-state index in [1.54, 1.807) is 0 Å². The number of amides is 1. The van der Waals surface area contributed by atoms with Crippen molar-refractivity contribution in [1.82, 2.24) is 15.1 Å². The van der Waals surface area contributed by atoms with Crippen molar-refractivity contribution in [1.29, 1.82) is 0 Å². The van der Waals surface area contributed by atoms with Crippen LogP contribution in [0.4, 0.5) is 0 Å². The first kappa shape index (κ1) is 17.9. The summed E-state index contributed by atoms with van der Waals surface area (Å²) in [7, 11) is 0. The zero-order valence-electron chi connectivity index (χ0n) is 13.8. The third-order valence-corrected chi connectivity index (χ3v) is 3.64. The second kappa shape index (κ2) is 8.98. The fourth-order valence-electron chi connectivity index (χ4n) is 2.30. The molecule has 1 heterocycles. The van der Waals surface area contributed by atoms with E-state index in [1.807, 2.05) is 37.3 Å². The molecule has 1 amide bonds. The highest BCUT2D eigenvalue weighted by molar-refractivity contribution is 5.91. The number of unbranched alkanes of at least 4 members (excludes halogenated alkanes) is 1. The number of hydrogen-bond donors (Lipinski definition) is 2. The molecule has 1 unspecified atom stereocenters. The monoisotopic (exact) mass is 329 g/mol. The van der Waals surface area contributed by atoms with Gasteiger partial charge in [0.15, 0.2) is 0 Å². The van der Waals surface area contributed by atoms with Crippen LogP contribution in [0, 0.1) is 0 Å². The quantitative estimate of drug-likeness (QED) is 0.766. The Bertz CT molecular complexity index is 713. The van der Waals surface area contributed by atoms with E-state index in [9.17, 15) is 14.7 Å². The number of aromatic nitrogens is 2. The fourth-order valence-corrected chi connectivity index (χ4v) is 2.30. The van der Waals surface area contributed by atoms with Crippen molar-refractivity contribution in [3.05, 3.63) is 64.1 Å². The molecule has 2 rings (SSSR count). The summed E-state index contributed by atoms with van der Waals surface area (Å²) >= 11 is 0. The van der Waals surface area contributed by atoms with Crippen LogP contribution in [0.25, 0.3) is 0 Å². The minimum Gasteiger partial charge on any atom is -0.391 e. The first-order valence-corrected chi connectivity index (χ1v) is 8.18. The largest absolute Gasteiger partial charge is 0.391 e. The smallest absolute Gasteiger partial charge is 0.271 e. The SMILES string of the molecule is CCCCn1nc(C(=O)NCC(O)Cc2ccccc2)ccc1=O. The van der Waals surface area contributed by atoms with Crippen LogP contribution in [0.2, 0.25) is 0 Å². The van der Waals surface area contributed by atoms with Crippen LogP contribution in [0.3, 0.4) is 0 Å². The van der Waals surface area contributed by atoms with Gasteiger partial charge in [0.2, 0.25) is 0 Å². The Hall–Kier alpha value is -2.47. The van der Waals surface area contributed by atoms with Gasteiger partial charge in [-0.25, -0.2) is 4.68 Å². The van der Waals surface area contributed by atoms with E-state index in [0.29, 0.717) is 13.0 Å². The number of carbonyl (C=O) groups is 1. The number of aliphatic hydroxyl groups is 1. The molecule has 0 radical (unpaired) electrons. The molecule has 0 bridgehead atoms. The van der Waals surface area contributed by atoms with E-state index in [0.717, 1.165) is 18.4 Å². The van der Waals surface area contributed by atoms with Gasteiger partial charge in [0, 0.05) is 25.6 Å². The molecule has 1 atom stereocenters. The van der Waals surface area contributed by atoms with E-state index in [4.69, 9.17) is 0 Å². The molecular weight excluding hydrogens is 306 g/mol. The Labute approximate surface area is 141 Å². The predicted octanol–water partition coefficient (Wildman–Crippen LogP) is 1.38. The van der Waals surface area contributed by atoms with Gasteiger partial charge in [-0.3, -0.25) is 9.59 Å².